The highest BCUT2D eigenvalue weighted by Gasteiger charge is 2.23. The number of rotatable bonds is 11. The molecule has 1 saturated heterocycles. The zero-order chi connectivity index (χ0) is 30.4. The van der Waals surface area contributed by atoms with E-state index in [4.69, 9.17) is 23.2 Å². The molecular weight excluding hydrogens is 591 g/mol. The van der Waals surface area contributed by atoms with Crippen molar-refractivity contribution in [3.63, 3.8) is 0 Å². The molecule has 1 fully saturated rings. The Labute approximate surface area is 260 Å². The maximum Gasteiger partial charge on any atom is 0.253 e. The van der Waals surface area contributed by atoms with E-state index in [1.165, 1.54) is 6.26 Å². The smallest absolute Gasteiger partial charge is 0.253 e. The van der Waals surface area contributed by atoms with E-state index in [2.05, 4.69) is 26.7 Å². The van der Waals surface area contributed by atoms with Crippen molar-refractivity contribution >= 4 is 44.8 Å². The number of hydrogen-bond donors (Lipinski definition) is 1. The standard InChI is InChI=1S/C32H40Cl2N4O3S/c1-23-17-24(2)19-28(18-23)32(39)36(3)22-27(25-9-10-29(33)30(34)20-25)11-12-37-13-15-38(16-14-37)31-8-6-5-7-26(31)21-35-42(4,40)41/h5-10,17-20,27,35H,11-16,21-22H2,1-4H3/t27-/m1/s1. The van der Waals surface area contributed by atoms with Gasteiger partial charge in [0.1, 0.15) is 0 Å². The lowest BCUT2D eigenvalue weighted by molar-refractivity contribution is 0.0782. The number of aryl methyl sites for hydroxylation is 2. The summed E-state index contributed by atoms with van der Waals surface area (Å²) in [4.78, 5) is 19.9. The second-order valence-corrected chi connectivity index (χ2v) is 13.9. The van der Waals surface area contributed by atoms with Crippen molar-refractivity contribution in [1.82, 2.24) is 14.5 Å². The predicted molar refractivity (Wildman–Crippen MR) is 173 cm³/mol. The van der Waals surface area contributed by atoms with Gasteiger partial charge in [-0.15, -0.1) is 0 Å². The lowest BCUT2D eigenvalue weighted by atomic mass is 9.94. The van der Waals surface area contributed by atoms with Gasteiger partial charge in [-0.3, -0.25) is 9.69 Å². The third-order valence-electron chi connectivity index (χ3n) is 7.75. The van der Waals surface area contributed by atoms with Crippen molar-refractivity contribution in [3.8, 4) is 0 Å². The van der Waals surface area contributed by atoms with Crippen molar-refractivity contribution in [2.24, 2.45) is 0 Å². The number of nitrogens with zero attached hydrogens (tertiary/aromatic N) is 3. The normalized spacial score (nSPS) is 15.0. The van der Waals surface area contributed by atoms with Crippen LogP contribution in [0.4, 0.5) is 5.69 Å². The van der Waals surface area contributed by atoms with Gasteiger partial charge in [0.2, 0.25) is 10.0 Å². The molecule has 1 aliphatic rings. The summed E-state index contributed by atoms with van der Waals surface area (Å²) in [5.41, 5.74) is 5.94. The van der Waals surface area contributed by atoms with E-state index in [9.17, 15) is 13.2 Å². The second-order valence-electron chi connectivity index (χ2n) is 11.3. The molecule has 4 rings (SSSR count). The Morgan fingerprint density at radius 1 is 0.952 bits per heavy atom. The Morgan fingerprint density at radius 3 is 2.26 bits per heavy atom. The van der Waals surface area contributed by atoms with Gasteiger partial charge in [0, 0.05) is 63.5 Å². The first-order valence-corrected chi connectivity index (χ1v) is 16.8. The number of amides is 1. The zero-order valence-corrected chi connectivity index (χ0v) is 27.1. The van der Waals surface area contributed by atoms with E-state index in [1.54, 1.807) is 4.90 Å². The summed E-state index contributed by atoms with van der Waals surface area (Å²) in [6.07, 6.45) is 2.04. The van der Waals surface area contributed by atoms with Crippen molar-refractivity contribution in [3.05, 3.63) is 98.5 Å². The van der Waals surface area contributed by atoms with Crippen molar-refractivity contribution in [2.45, 2.75) is 32.7 Å². The average Bonchev–Trinajstić information content (AvgIpc) is 2.94. The molecule has 0 aromatic heterocycles. The summed E-state index contributed by atoms with van der Waals surface area (Å²) >= 11 is 12.6. The Hall–Kier alpha value is -2.62. The van der Waals surface area contributed by atoms with Crippen LogP contribution in [0.15, 0.2) is 60.7 Å². The van der Waals surface area contributed by atoms with E-state index in [0.29, 0.717) is 22.2 Å². The Balaban J connectivity index is 1.41. The number of piperazine rings is 1. The molecule has 0 saturated carbocycles. The molecule has 3 aromatic carbocycles. The second kappa shape index (κ2) is 14.2. The first-order valence-electron chi connectivity index (χ1n) is 14.2. The summed E-state index contributed by atoms with van der Waals surface area (Å²) < 4.78 is 25.9. The lowest BCUT2D eigenvalue weighted by Crippen LogP contribution is -2.47. The molecule has 7 nitrogen and oxygen atoms in total. The van der Waals surface area contributed by atoms with E-state index in [0.717, 1.165) is 67.1 Å². The van der Waals surface area contributed by atoms with Gasteiger partial charge in [0.25, 0.3) is 5.91 Å². The van der Waals surface area contributed by atoms with Gasteiger partial charge in [-0.2, -0.15) is 0 Å². The van der Waals surface area contributed by atoms with Crippen LogP contribution in [-0.2, 0) is 16.6 Å². The molecule has 0 spiro atoms. The van der Waals surface area contributed by atoms with Crippen LogP contribution in [0.1, 0.15) is 45.0 Å². The fraction of sp³-hybridized carbons (Fsp3) is 0.406. The Kier molecular flexibility index (Phi) is 10.9. The number of carbonyl (C=O) groups excluding carboxylic acids is 1. The quantitative estimate of drug-likeness (QED) is 0.293. The van der Waals surface area contributed by atoms with Gasteiger partial charge in [0.05, 0.1) is 16.3 Å². The highest BCUT2D eigenvalue weighted by Crippen LogP contribution is 2.30. The summed E-state index contributed by atoms with van der Waals surface area (Å²) in [7, 11) is -1.41. The number of hydrogen-bond acceptors (Lipinski definition) is 5. The SMILES string of the molecule is Cc1cc(C)cc(C(=O)N(C)C[C@@H](CCN2CCN(c3ccccc3CNS(C)(=O)=O)CC2)c2ccc(Cl)c(Cl)c2)c1. The number of carbonyl (C=O) groups is 1. The van der Waals surface area contributed by atoms with E-state index >= 15 is 0 Å². The summed E-state index contributed by atoms with van der Waals surface area (Å²) in [6, 6.07) is 19.6. The molecule has 1 amide bonds. The van der Waals surface area contributed by atoms with Gasteiger partial charge in [-0.1, -0.05) is 64.7 Å². The van der Waals surface area contributed by atoms with Crippen molar-refractivity contribution in [2.75, 3.05) is 57.5 Å². The van der Waals surface area contributed by atoms with Crippen LogP contribution >= 0.6 is 23.2 Å². The molecule has 0 radical (unpaired) electrons. The van der Waals surface area contributed by atoms with Gasteiger partial charge < -0.3 is 9.80 Å². The maximum absolute atomic E-state index is 13.4. The van der Waals surface area contributed by atoms with Crippen LogP contribution in [0, 0.1) is 13.8 Å². The van der Waals surface area contributed by atoms with E-state index < -0.39 is 10.0 Å². The molecule has 42 heavy (non-hydrogen) atoms. The van der Waals surface area contributed by atoms with Crippen molar-refractivity contribution in [1.29, 1.82) is 0 Å². The van der Waals surface area contributed by atoms with Crippen molar-refractivity contribution < 1.29 is 13.2 Å². The maximum atomic E-state index is 13.4. The van der Waals surface area contributed by atoms with Crippen LogP contribution < -0.4 is 9.62 Å². The number of halogens is 2. The summed E-state index contributed by atoms with van der Waals surface area (Å²) in [5, 5.41) is 1.03. The third kappa shape index (κ3) is 8.94. The number of likely N-dealkylation sites (N-methyl/N-ethyl adjacent to an activating group) is 1. The molecule has 10 heteroatoms. The first-order chi connectivity index (χ1) is 19.9. The van der Waals surface area contributed by atoms with Gasteiger partial charge in [0.15, 0.2) is 0 Å². The van der Waals surface area contributed by atoms with Gasteiger partial charge in [-0.25, -0.2) is 13.1 Å². The minimum absolute atomic E-state index is 0.00417. The fourth-order valence-corrected chi connectivity index (χ4v) is 6.31. The molecule has 226 valence electrons. The fourth-order valence-electron chi connectivity index (χ4n) is 5.59. The topological polar surface area (TPSA) is 73.0 Å². The Morgan fingerprint density at radius 2 is 1.62 bits per heavy atom. The first kappa shape index (κ1) is 32.3. The molecule has 1 aliphatic heterocycles. The highest BCUT2D eigenvalue weighted by molar-refractivity contribution is 7.88. The monoisotopic (exact) mass is 630 g/mol. The molecule has 3 aromatic rings. The predicted octanol–water partition coefficient (Wildman–Crippen LogP) is 5.73. The number of sulfonamides is 1. The molecule has 0 bridgehead atoms. The number of anilines is 1. The van der Waals surface area contributed by atoms with Gasteiger partial charge >= 0.3 is 0 Å². The van der Waals surface area contributed by atoms with E-state index in [-0.39, 0.29) is 18.4 Å². The minimum atomic E-state index is -3.27. The molecule has 0 aliphatic carbocycles. The van der Waals surface area contributed by atoms with Crippen LogP contribution in [0.2, 0.25) is 10.0 Å². The molecule has 1 heterocycles. The summed E-state index contributed by atoms with van der Waals surface area (Å²) in [6.45, 7) is 9.19. The molecule has 0 unspecified atom stereocenters. The molecule has 1 atom stereocenters. The molecule has 1 N–H and O–H groups in total. The van der Waals surface area contributed by atoms with E-state index in [1.807, 2.05) is 69.4 Å². The summed E-state index contributed by atoms with van der Waals surface area (Å²) in [5.74, 6) is 0.0879. The minimum Gasteiger partial charge on any atom is -0.369 e. The molecular formula is C32H40Cl2N4O3S. The number of para-hydroxylation sites is 1. The van der Waals surface area contributed by atoms with Gasteiger partial charge in [-0.05, 0) is 68.3 Å². The number of benzene rings is 3. The van der Waals surface area contributed by atoms with Crippen LogP contribution in [0.5, 0.6) is 0 Å². The zero-order valence-electron chi connectivity index (χ0n) is 24.7. The van der Waals surface area contributed by atoms with Crippen LogP contribution in [-0.4, -0.2) is 76.7 Å². The Bertz CT molecular complexity index is 1490. The largest absolute Gasteiger partial charge is 0.369 e. The number of nitrogens with one attached hydrogen (secondary N) is 1. The average molecular weight is 632 g/mol. The van der Waals surface area contributed by atoms with Crippen LogP contribution in [0.3, 0.4) is 0 Å². The van der Waals surface area contributed by atoms with Crippen LogP contribution in [0.25, 0.3) is 0 Å². The highest BCUT2D eigenvalue weighted by atomic mass is 35.5. The third-order valence-corrected chi connectivity index (χ3v) is 9.16. The lowest BCUT2D eigenvalue weighted by Gasteiger charge is -2.37.